The summed E-state index contributed by atoms with van der Waals surface area (Å²) in [5.41, 5.74) is 0.285. The Hall–Kier alpha value is -1.93. The van der Waals surface area contributed by atoms with Crippen LogP contribution in [0.1, 0.15) is 30.6 Å². The highest BCUT2D eigenvalue weighted by Crippen LogP contribution is 2.18. The molecule has 1 aliphatic heterocycles. The van der Waals surface area contributed by atoms with E-state index in [0.29, 0.717) is 0 Å². The Morgan fingerprint density at radius 2 is 2.17 bits per heavy atom. The molecule has 1 fully saturated rings. The number of hydrogen-bond donors (Lipinski definition) is 2. The Morgan fingerprint density at radius 3 is 2.83 bits per heavy atom. The summed E-state index contributed by atoms with van der Waals surface area (Å²) in [4.78, 5) is 23.6. The topological polar surface area (TPSA) is 95.6 Å². The number of benzene rings is 1. The highest BCUT2D eigenvalue weighted by Gasteiger charge is 2.29. The van der Waals surface area contributed by atoms with E-state index in [2.05, 4.69) is 10.6 Å². The highest BCUT2D eigenvalue weighted by molar-refractivity contribution is 7.89. The molecular formula is C15H21N3O4S. The van der Waals surface area contributed by atoms with E-state index < -0.39 is 10.0 Å². The summed E-state index contributed by atoms with van der Waals surface area (Å²) in [6, 6.07) is 5.89. The number of carbonyl (C=O) groups is 2. The van der Waals surface area contributed by atoms with Crippen molar-refractivity contribution in [3.63, 3.8) is 0 Å². The van der Waals surface area contributed by atoms with E-state index in [9.17, 15) is 18.0 Å². The SMILES string of the molecule is CC[C@H](C)NC(=O)c1cccc(S(=O)(=O)N2CCNC(=O)C2)c1. The van der Waals surface area contributed by atoms with Crippen LogP contribution in [0.25, 0.3) is 0 Å². The number of hydrogen-bond acceptors (Lipinski definition) is 4. The first-order chi connectivity index (χ1) is 10.8. The van der Waals surface area contributed by atoms with Crippen LogP contribution < -0.4 is 10.6 Å². The smallest absolute Gasteiger partial charge is 0.251 e. The van der Waals surface area contributed by atoms with Gasteiger partial charge in [0.05, 0.1) is 11.4 Å². The largest absolute Gasteiger partial charge is 0.354 e. The van der Waals surface area contributed by atoms with Crippen molar-refractivity contribution in [3.05, 3.63) is 29.8 Å². The van der Waals surface area contributed by atoms with Gasteiger partial charge in [0.2, 0.25) is 15.9 Å². The maximum Gasteiger partial charge on any atom is 0.251 e. The van der Waals surface area contributed by atoms with Gasteiger partial charge in [0.15, 0.2) is 0 Å². The fourth-order valence-corrected chi connectivity index (χ4v) is 3.62. The van der Waals surface area contributed by atoms with E-state index in [1.54, 1.807) is 6.07 Å². The zero-order chi connectivity index (χ0) is 17.0. The average Bonchev–Trinajstić information content (AvgIpc) is 2.54. The van der Waals surface area contributed by atoms with E-state index in [0.717, 1.165) is 10.7 Å². The van der Waals surface area contributed by atoms with Crippen LogP contribution >= 0.6 is 0 Å². The minimum Gasteiger partial charge on any atom is -0.354 e. The number of nitrogens with one attached hydrogen (secondary N) is 2. The van der Waals surface area contributed by atoms with Crippen LogP contribution in [0.5, 0.6) is 0 Å². The molecule has 2 N–H and O–H groups in total. The average molecular weight is 339 g/mol. The van der Waals surface area contributed by atoms with Crippen molar-refractivity contribution in [1.82, 2.24) is 14.9 Å². The lowest BCUT2D eigenvalue weighted by Gasteiger charge is -2.26. The van der Waals surface area contributed by atoms with Crippen molar-refractivity contribution in [2.45, 2.75) is 31.2 Å². The van der Waals surface area contributed by atoms with Gasteiger partial charge in [-0.3, -0.25) is 9.59 Å². The Morgan fingerprint density at radius 1 is 1.43 bits per heavy atom. The van der Waals surface area contributed by atoms with Gasteiger partial charge in [-0.2, -0.15) is 4.31 Å². The second-order valence-corrected chi connectivity index (χ2v) is 7.44. The van der Waals surface area contributed by atoms with Crippen molar-refractivity contribution < 1.29 is 18.0 Å². The molecule has 1 saturated heterocycles. The molecule has 1 heterocycles. The molecule has 0 aliphatic carbocycles. The van der Waals surface area contributed by atoms with Gasteiger partial charge < -0.3 is 10.6 Å². The fourth-order valence-electron chi connectivity index (χ4n) is 2.18. The lowest BCUT2D eigenvalue weighted by molar-refractivity contribution is -0.122. The van der Waals surface area contributed by atoms with Gasteiger partial charge in [-0.05, 0) is 31.5 Å². The van der Waals surface area contributed by atoms with E-state index in [4.69, 9.17) is 0 Å². The molecule has 0 radical (unpaired) electrons. The van der Waals surface area contributed by atoms with Crippen molar-refractivity contribution in [1.29, 1.82) is 0 Å². The molecule has 1 aliphatic rings. The van der Waals surface area contributed by atoms with Crippen molar-refractivity contribution in [2.24, 2.45) is 0 Å². The predicted octanol–water partition coefficient (Wildman–Crippen LogP) is 0.335. The molecule has 0 saturated carbocycles. The number of rotatable bonds is 5. The summed E-state index contributed by atoms with van der Waals surface area (Å²) in [7, 11) is -3.79. The predicted molar refractivity (Wildman–Crippen MR) is 85.4 cm³/mol. The van der Waals surface area contributed by atoms with Gasteiger partial charge in [0.1, 0.15) is 0 Å². The second-order valence-electron chi connectivity index (χ2n) is 5.50. The summed E-state index contributed by atoms with van der Waals surface area (Å²) in [5, 5.41) is 5.38. The third-order valence-corrected chi connectivity index (χ3v) is 5.57. The zero-order valence-electron chi connectivity index (χ0n) is 13.2. The molecule has 1 aromatic carbocycles. The molecule has 1 atom stereocenters. The summed E-state index contributed by atoms with van der Waals surface area (Å²) >= 11 is 0. The number of nitrogens with zero attached hydrogens (tertiary/aromatic N) is 1. The third-order valence-electron chi connectivity index (χ3n) is 3.73. The summed E-state index contributed by atoms with van der Waals surface area (Å²) in [6.07, 6.45) is 0.784. The molecule has 7 nitrogen and oxygen atoms in total. The first-order valence-electron chi connectivity index (χ1n) is 7.52. The van der Waals surface area contributed by atoms with Crippen LogP contribution in [0.15, 0.2) is 29.2 Å². The molecule has 1 aromatic rings. The van der Waals surface area contributed by atoms with Crippen molar-refractivity contribution in [3.8, 4) is 0 Å². The maximum absolute atomic E-state index is 12.6. The molecule has 0 spiro atoms. The number of carbonyl (C=O) groups excluding carboxylic acids is 2. The Kier molecular flexibility index (Phi) is 5.38. The van der Waals surface area contributed by atoms with Crippen LogP contribution in [0.4, 0.5) is 0 Å². The minimum absolute atomic E-state index is 0.00792. The summed E-state index contributed by atoms with van der Waals surface area (Å²) in [5.74, 6) is -0.640. The summed E-state index contributed by atoms with van der Waals surface area (Å²) < 4.78 is 26.3. The first-order valence-corrected chi connectivity index (χ1v) is 8.96. The first kappa shape index (κ1) is 17.4. The van der Waals surface area contributed by atoms with Crippen LogP contribution in [-0.4, -0.2) is 50.2 Å². The molecule has 0 aromatic heterocycles. The quantitative estimate of drug-likeness (QED) is 0.808. The fraction of sp³-hybridized carbons (Fsp3) is 0.467. The van der Waals surface area contributed by atoms with E-state index in [1.165, 1.54) is 18.2 Å². The van der Waals surface area contributed by atoms with Gasteiger partial charge in [-0.15, -0.1) is 0 Å². The number of sulfonamides is 1. The molecule has 2 rings (SSSR count). The molecule has 2 amide bonds. The molecule has 0 bridgehead atoms. The molecule has 0 unspecified atom stereocenters. The van der Waals surface area contributed by atoms with Gasteiger partial charge in [-0.25, -0.2) is 8.42 Å². The Bertz CT molecular complexity index is 702. The zero-order valence-corrected chi connectivity index (χ0v) is 14.0. The normalized spacial score (nSPS) is 17.4. The monoisotopic (exact) mass is 339 g/mol. The van der Waals surface area contributed by atoms with E-state index >= 15 is 0 Å². The maximum atomic E-state index is 12.6. The van der Waals surface area contributed by atoms with E-state index in [1.807, 2.05) is 13.8 Å². The number of amides is 2. The Labute approximate surface area is 136 Å². The summed E-state index contributed by atoms with van der Waals surface area (Å²) in [6.45, 7) is 4.13. The third kappa shape index (κ3) is 4.08. The molecule has 126 valence electrons. The lowest BCUT2D eigenvalue weighted by Crippen LogP contribution is -2.49. The molecule has 23 heavy (non-hydrogen) atoms. The van der Waals surface area contributed by atoms with Crippen LogP contribution in [0, 0.1) is 0 Å². The molecular weight excluding hydrogens is 318 g/mol. The van der Waals surface area contributed by atoms with Crippen molar-refractivity contribution in [2.75, 3.05) is 19.6 Å². The Balaban J connectivity index is 2.24. The van der Waals surface area contributed by atoms with Crippen LogP contribution in [0.2, 0.25) is 0 Å². The van der Waals surface area contributed by atoms with Gasteiger partial charge in [0.25, 0.3) is 5.91 Å². The van der Waals surface area contributed by atoms with Gasteiger partial charge >= 0.3 is 0 Å². The van der Waals surface area contributed by atoms with Crippen molar-refractivity contribution >= 4 is 21.8 Å². The minimum atomic E-state index is -3.79. The second kappa shape index (κ2) is 7.10. The van der Waals surface area contributed by atoms with Gasteiger partial charge in [-0.1, -0.05) is 13.0 Å². The van der Waals surface area contributed by atoms with E-state index in [-0.39, 0.29) is 47.9 Å². The molecule has 8 heteroatoms. The van der Waals surface area contributed by atoms with Crippen LogP contribution in [-0.2, 0) is 14.8 Å². The lowest BCUT2D eigenvalue weighted by atomic mass is 10.2. The number of piperazine rings is 1. The van der Waals surface area contributed by atoms with Gasteiger partial charge in [0, 0.05) is 24.7 Å². The standard InChI is InChI=1S/C15H21N3O4S/c1-3-11(2)17-15(20)12-5-4-6-13(9-12)23(21,22)18-8-7-16-14(19)10-18/h4-6,9,11H,3,7-8,10H2,1-2H3,(H,16,19)(H,17,20)/t11-/m0/s1. The highest BCUT2D eigenvalue weighted by atomic mass is 32.2. The van der Waals surface area contributed by atoms with Crippen LogP contribution in [0.3, 0.4) is 0 Å².